The number of fused-ring (bicyclic) bond motifs is 1. The molecule has 0 bridgehead atoms. The van der Waals surface area contributed by atoms with E-state index in [1.807, 2.05) is 12.1 Å². The van der Waals surface area contributed by atoms with Gasteiger partial charge in [-0.25, -0.2) is 8.42 Å². The molecule has 5 nitrogen and oxygen atoms in total. The third kappa shape index (κ3) is 3.23. The van der Waals surface area contributed by atoms with Crippen molar-refractivity contribution in [2.45, 2.75) is 12.5 Å². The third-order valence-electron chi connectivity index (χ3n) is 2.66. The Hall–Kier alpha value is -1.08. The SMILES string of the molecule is CS(=O)(=O)CCC1Nc2cc(Br)ccc2NC1=O. The highest BCUT2D eigenvalue weighted by Crippen LogP contribution is 2.30. The average Bonchev–Trinajstić information content (AvgIpc) is 2.26. The molecule has 1 amide bonds. The minimum absolute atomic E-state index is 0.0125. The van der Waals surface area contributed by atoms with Gasteiger partial charge in [-0.2, -0.15) is 0 Å². The fourth-order valence-corrected chi connectivity index (χ4v) is 2.78. The molecule has 2 N–H and O–H groups in total. The number of anilines is 2. The predicted octanol–water partition coefficient (Wildman–Crippen LogP) is 1.62. The van der Waals surface area contributed by atoms with Crippen molar-refractivity contribution in [1.29, 1.82) is 0 Å². The maximum absolute atomic E-state index is 11.8. The number of hydrogen-bond acceptors (Lipinski definition) is 4. The van der Waals surface area contributed by atoms with Crippen molar-refractivity contribution in [3.8, 4) is 0 Å². The molecule has 1 aromatic rings. The van der Waals surface area contributed by atoms with Crippen LogP contribution in [0.15, 0.2) is 22.7 Å². The molecule has 2 rings (SSSR count). The molecular weight excluding hydrogens is 320 g/mol. The van der Waals surface area contributed by atoms with E-state index in [1.165, 1.54) is 0 Å². The first-order chi connectivity index (χ1) is 8.35. The van der Waals surface area contributed by atoms with Crippen LogP contribution >= 0.6 is 15.9 Å². The highest BCUT2D eigenvalue weighted by molar-refractivity contribution is 9.10. The Balaban J connectivity index is 2.14. The largest absolute Gasteiger partial charge is 0.372 e. The van der Waals surface area contributed by atoms with Crippen LogP contribution in [0, 0.1) is 0 Å². The van der Waals surface area contributed by atoms with Crippen LogP contribution < -0.4 is 10.6 Å². The van der Waals surface area contributed by atoms with Crippen LogP contribution in [-0.4, -0.2) is 32.4 Å². The number of nitrogens with one attached hydrogen (secondary N) is 2. The molecule has 1 heterocycles. The smallest absolute Gasteiger partial charge is 0.246 e. The Bertz CT molecular complexity index is 586. The number of halogens is 1. The molecule has 1 aromatic carbocycles. The second-order valence-electron chi connectivity index (χ2n) is 4.29. The van der Waals surface area contributed by atoms with Crippen LogP contribution in [-0.2, 0) is 14.6 Å². The minimum Gasteiger partial charge on any atom is -0.372 e. The highest BCUT2D eigenvalue weighted by atomic mass is 79.9. The summed E-state index contributed by atoms with van der Waals surface area (Å²) in [4.78, 5) is 11.8. The summed E-state index contributed by atoms with van der Waals surface area (Å²) < 4.78 is 23.1. The lowest BCUT2D eigenvalue weighted by molar-refractivity contribution is -0.117. The lowest BCUT2D eigenvalue weighted by Gasteiger charge is -2.26. The predicted molar refractivity (Wildman–Crippen MR) is 74.5 cm³/mol. The minimum atomic E-state index is -3.06. The monoisotopic (exact) mass is 332 g/mol. The van der Waals surface area contributed by atoms with Crippen LogP contribution in [0.3, 0.4) is 0 Å². The van der Waals surface area contributed by atoms with Crippen molar-refractivity contribution in [3.05, 3.63) is 22.7 Å². The van der Waals surface area contributed by atoms with E-state index in [1.54, 1.807) is 6.07 Å². The van der Waals surface area contributed by atoms with Gasteiger partial charge in [-0.15, -0.1) is 0 Å². The fourth-order valence-electron chi connectivity index (χ4n) is 1.75. The number of rotatable bonds is 3. The topological polar surface area (TPSA) is 75.3 Å². The standard InChI is InChI=1S/C11H13BrN2O3S/c1-18(16,17)5-4-9-11(15)14-8-3-2-7(12)6-10(8)13-9/h2-3,6,9,13H,4-5H2,1H3,(H,14,15). The average molecular weight is 333 g/mol. The van der Waals surface area contributed by atoms with Gasteiger partial charge in [-0.1, -0.05) is 15.9 Å². The lowest BCUT2D eigenvalue weighted by atomic mass is 10.1. The number of carbonyl (C=O) groups is 1. The van der Waals surface area contributed by atoms with Crippen LogP contribution in [0.25, 0.3) is 0 Å². The van der Waals surface area contributed by atoms with Gasteiger partial charge in [0.05, 0.1) is 17.1 Å². The van der Waals surface area contributed by atoms with Crippen molar-refractivity contribution in [2.75, 3.05) is 22.6 Å². The molecule has 0 saturated heterocycles. The van der Waals surface area contributed by atoms with Gasteiger partial charge in [-0.3, -0.25) is 4.79 Å². The molecule has 0 fully saturated rings. The van der Waals surface area contributed by atoms with Crippen molar-refractivity contribution in [2.24, 2.45) is 0 Å². The zero-order valence-corrected chi connectivity index (χ0v) is 12.1. The molecule has 0 radical (unpaired) electrons. The van der Waals surface area contributed by atoms with Gasteiger partial charge < -0.3 is 10.6 Å². The van der Waals surface area contributed by atoms with Crippen LogP contribution in [0.1, 0.15) is 6.42 Å². The van der Waals surface area contributed by atoms with Gasteiger partial charge in [0.1, 0.15) is 15.9 Å². The number of hydrogen-bond donors (Lipinski definition) is 2. The summed E-state index contributed by atoms with van der Waals surface area (Å²) in [6.07, 6.45) is 1.43. The Labute approximate surface area is 114 Å². The Morgan fingerprint density at radius 1 is 1.33 bits per heavy atom. The van der Waals surface area contributed by atoms with Gasteiger partial charge in [0.25, 0.3) is 0 Å². The first-order valence-corrected chi connectivity index (χ1v) is 8.25. The maximum atomic E-state index is 11.8. The van der Waals surface area contributed by atoms with Crippen LogP contribution in [0.2, 0.25) is 0 Å². The van der Waals surface area contributed by atoms with Gasteiger partial charge in [0.15, 0.2) is 0 Å². The molecule has 7 heteroatoms. The summed E-state index contributed by atoms with van der Waals surface area (Å²) in [6, 6.07) is 4.96. The second kappa shape index (κ2) is 4.89. The van der Waals surface area contributed by atoms with Crippen LogP contribution in [0.4, 0.5) is 11.4 Å². The third-order valence-corrected chi connectivity index (χ3v) is 4.13. The molecule has 1 atom stereocenters. The second-order valence-corrected chi connectivity index (χ2v) is 7.47. The maximum Gasteiger partial charge on any atom is 0.246 e. The van der Waals surface area contributed by atoms with Crippen molar-refractivity contribution in [1.82, 2.24) is 0 Å². The number of benzene rings is 1. The quantitative estimate of drug-likeness (QED) is 0.881. The molecule has 0 aromatic heterocycles. The van der Waals surface area contributed by atoms with E-state index in [2.05, 4.69) is 26.6 Å². The number of sulfone groups is 1. The van der Waals surface area contributed by atoms with E-state index in [9.17, 15) is 13.2 Å². The molecule has 98 valence electrons. The van der Waals surface area contributed by atoms with Gasteiger partial charge in [-0.05, 0) is 24.6 Å². The van der Waals surface area contributed by atoms with E-state index < -0.39 is 15.9 Å². The summed E-state index contributed by atoms with van der Waals surface area (Å²) in [5.74, 6) is -0.213. The van der Waals surface area contributed by atoms with E-state index in [-0.39, 0.29) is 18.1 Å². The van der Waals surface area contributed by atoms with E-state index in [4.69, 9.17) is 0 Å². The number of carbonyl (C=O) groups excluding carboxylic acids is 1. The molecule has 18 heavy (non-hydrogen) atoms. The van der Waals surface area contributed by atoms with Crippen LogP contribution in [0.5, 0.6) is 0 Å². The normalized spacial score (nSPS) is 18.8. The van der Waals surface area contributed by atoms with Gasteiger partial charge in [0, 0.05) is 10.7 Å². The summed E-state index contributed by atoms with van der Waals surface area (Å²) in [5, 5.41) is 5.81. The molecule has 1 unspecified atom stereocenters. The Kier molecular flexibility index (Phi) is 3.63. The molecule has 0 aliphatic carbocycles. The first kappa shape index (κ1) is 13.4. The van der Waals surface area contributed by atoms with E-state index in [0.717, 1.165) is 16.4 Å². The van der Waals surface area contributed by atoms with Crippen molar-refractivity contribution >= 4 is 43.0 Å². The fraction of sp³-hybridized carbons (Fsp3) is 0.364. The summed E-state index contributed by atoms with van der Waals surface area (Å²) in [5.41, 5.74) is 1.50. The summed E-state index contributed by atoms with van der Waals surface area (Å²) >= 11 is 3.35. The molecule has 0 spiro atoms. The van der Waals surface area contributed by atoms with Crippen molar-refractivity contribution < 1.29 is 13.2 Å². The van der Waals surface area contributed by atoms with E-state index >= 15 is 0 Å². The molecular formula is C11H13BrN2O3S. The zero-order valence-electron chi connectivity index (χ0n) is 9.73. The zero-order chi connectivity index (χ0) is 13.3. The molecule has 0 saturated carbocycles. The summed E-state index contributed by atoms with van der Waals surface area (Å²) in [6.45, 7) is 0. The van der Waals surface area contributed by atoms with E-state index in [0.29, 0.717) is 5.69 Å². The van der Waals surface area contributed by atoms with Gasteiger partial charge >= 0.3 is 0 Å². The Morgan fingerprint density at radius 2 is 2.06 bits per heavy atom. The Morgan fingerprint density at radius 3 is 2.72 bits per heavy atom. The molecule has 1 aliphatic rings. The van der Waals surface area contributed by atoms with Crippen molar-refractivity contribution in [3.63, 3.8) is 0 Å². The first-order valence-electron chi connectivity index (χ1n) is 5.40. The highest BCUT2D eigenvalue weighted by Gasteiger charge is 2.26. The molecule has 1 aliphatic heterocycles. The number of amides is 1. The lowest BCUT2D eigenvalue weighted by Crippen LogP contribution is -2.39. The van der Waals surface area contributed by atoms with Gasteiger partial charge in [0.2, 0.25) is 5.91 Å². The summed E-state index contributed by atoms with van der Waals surface area (Å²) in [7, 11) is -3.06.